The summed E-state index contributed by atoms with van der Waals surface area (Å²) in [4.78, 5) is 12.8. The van der Waals surface area contributed by atoms with Crippen molar-refractivity contribution < 1.29 is 0 Å². The second kappa shape index (κ2) is 15.0. The van der Waals surface area contributed by atoms with Gasteiger partial charge in [-0.05, 0) is 120 Å². The van der Waals surface area contributed by atoms with E-state index in [1.54, 1.807) is 0 Å². The summed E-state index contributed by atoms with van der Waals surface area (Å²) in [7, 11) is 0. The molecule has 0 amide bonds. The van der Waals surface area contributed by atoms with Crippen LogP contribution < -0.4 is 4.90 Å². The predicted octanol–water partition coefficient (Wildman–Crippen LogP) is 15.4. The van der Waals surface area contributed by atoms with Crippen LogP contribution in [0.4, 0.5) is 17.1 Å². The van der Waals surface area contributed by atoms with Gasteiger partial charge in [-0.15, -0.1) is 0 Å². The fourth-order valence-electron chi connectivity index (χ4n) is 9.35. The first-order valence-corrected chi connectivity index (χ1v) is 21.7. The molecule has 11 aromatic rings. The molecule has 0 atom stereocenters. The highest BCUT2D eigenvalue weighted by Crippen LogP contribution is 2.42. The largest absolute Gasteiger partial charge is 0.310 e. The van der Waals surface area contributed by atoms with Gasteiger partial charge in [0.15, 0.2) is 0 Å². The fourth-order valence-corrected chi connectivity index (χ4v) is 9.35. The normalized spacial score (nSPS) is 11.9. The third-order valence-corrected chi connectivity index (χ3v) is 12.5. The molecule has 304 valence electrons. The summed E-state index contributed by atoms with van der Waals surface area (Å²) in [6, 6.07) is 67.7. The molecule has 5 nitrogen and oxygen atoms in total. The summed E-state index contributed by atoms with van der Waals surface area (Å²) in [5, 5.41) is 2.35. The Kier molecular flexibility index (Phi) is 9.09. The van der Waals surface area contributed by atoms with Crippen LogP contribution in [0.1, 0.15) is 37.5 Å². The lowest BCUT2D eigenvalue weighted by Gasteiger charge is -2.29. The summed E-state index contributed by atoms with van der Waals surface area (Å²) in [6.07, 6.45) is 2.01. The van der Waals surface area contributed by atoms with Crippen LogP contribution in [0, 0.1) is 13.8 Å². The van der Waals surface area contributed by atoms with E-state index in [1.807, 2.05) is 6.20 Å². The SMILES string of the molecule is Cc1cccc(C)c1N(c1cccc(-c2cc3c(ccc4cc5cc(C(C)(C)C)ccc5n43)cn2)c1)c1cccc(-c2nc3ccccc3n2-c2ccccc2-c2ccccc2)c1. The molecule has 0 N–H and O–H groups in total. The van der Waals surface area contributed by atoms with Crippen LogP contribution in [0.15, 0.2) is 194 Å². The average molecular weight is 814 g/mol. The summed E-state index contributed by atoms with van der Waals surface area (Å²) in [5.74, 6) is 0.885. The fraction of sp³-hybridized carbons (Fsp3) is 0.103. The Morgan fingerprint density at radius 1 is 0.508 bits per heavy atom. The van der Waals surface area contributed by atoms with E-state index in [4.69, 9.17) is 9.97 Å². The van der Waals surface area contributed by atoms with Crippen LogP contribution >= 0.6 is 0 Å². The number of benzene rings is 7. The van der Waals surface area contributed by atoms with Crippen molar-refractivity contribution in [1.82, 2.24) is 18.9 Å². The van der Waals surface area contributed by atoms with E-state index in [1.165, 1.54) is 33.1 Å². The minimum atomic E-state index is 0.0736. The molecule has 0 aliphatic rings. The van der Waals surface area contributed by atoms with E-state index >= 15 is 0 Å². The maximum absolute atomic E-state index is 5.34. The lowest BCUT2D eigenvalue weighted by molar-refractivity contribution is 0.591. The minimum Gasteiger partial charge on any atom is -0.310 e. The molecule has 0 aliphatic carbocycles. The van der Waals surface area contributed by atoms with Crippen molar-refractivity contribution in [2.24, 2.45) is 0 Å². The van der Waals surface area contributed by atoms with Gasteiger partial charge in [-0.2, -0.15) is 0 Å². The summed E-state index contributed by atoms with van der Waals surface area (Å²) >= 11 is 0. The van der Waals surface area contributed by atoms with Gasteiger partial charge >= 0.3 is 0 Å². The van der Waals surface area contributed by atoms with Crippen molar-refractivity contribution in [1.29, 1.82) is 0 Å². The number of hydrogen-bond acceptors (Lipinski definition) is 3. The van der Waals surface area contributed by atoms with E-state index < -0.39 is 0 Å². The molecule has 7 aromatic carbocycles. The highest BCUT2D eigenvalue weighted by molar-refractivity contribution is 5.96. The molecule has 11 rings (SSSR count). The van der Waals surface area contributed by atoms with Gasteiger partial charge in [-0.25, -0.2) is 4.98 Å². The molecule has 0 saturated carbocycles. The zero-order valence-corrected chi connectivity index (χ0v) is 36.2. The van der Waals surface area contributed by atoms with Crippen molar-refractivity contribution >= 4 is 55.4 Å². The predicted molar refractivity (Wildman–Crippen MR) is 264 cm³/mol. The molecule has 0 unspecified atom stereocenters. The van der Waals surface area contributed by atoms with Gasteiger partial charge in [0, 0.05) is 50.6 Å². The number of fused-ring (bicyclic) bond motifs is 6. The Bertz CT molecular complexity index is 3510. The first-order chi connectivity index (χ1) is 30.7. The Morgan fingerprint density at radius 3 is 1.98 bits per heavy atom. The van der Waals surface area contributed by atoms with Crippen molar-refractivity contribution in [3.63, 3.8) is 0 Å². The summed E-state index contributed by atoms with van der Waals surface area (Å²) in [5.41, 5.74) is 18.9. The number of pyridine rings is 2. The number of rotatable bonds is 7. The van der Waals surface area contributed by atoms with E-state index in [-0.39, 0.29) is 5.41 Å². The minimum absolute atomic E-state index is 0.0736. The first kappa shape index (κ1) is 38.2. The molecule has 4 aromatic heterocycles. The van der Waals surface area contributed by atoms with Crippen LogP contribution in [0.25, 0.3) is 77.8 Å². The standard InChI is InChI=1S/C58H47N5/c1-38-16-13-17-39(2)56(38)61(46-22-14-20-41(33-46)51-36-55-43(37-59-51)28-30-48-35-44-32-45(58(3,4)5)29-31-52(44)62(48)55)47-23-15-21-42(34-47)57-60-50-25-10-12-27-54(50)63(57)53-26-11-9-24-49(53)40-18-7-6-8-19-40/h6-37H,1-5H3. The number of anilines is 3. The van der Waals surface area contributed by atoms with Crippen LogP contribution in [-0.2, 0) is 5.41 Å². The van der Waals surface area contributed by atoms with Gasteiger partial charge < -0.3 is 9.30 Å². The Hall–Kier alpha value is -7.76. The van der Waals surface area contributed by atoms with E-state index in [9.17, 15) is 0 Å². The highest BCUT2D eigenvalue weighted by atomic mass is 15.1. The maximum atomic E-state index is 5.34. The first-order valence-electron chi connectivity index (χ1n) is 21.7. The number of aryl methyl sites for hydroxylation is 2. The van der Waals surface area contributed by atoms with Crippen LogP contribution in [0.5, 0.6) is 0 Å². The Labute approximate surface area is 368 Å². The summed E-state index contributed by atoms with van der Waals surface area (Å²) in [6.45, 7) is 11.2. The molecule has 0 bridgehead atoms. The second-order valence-corrected chi connectivity index (χ2v) is 17.7. The van der Waals surface area contributed by atoms with Gasteiger partial charge in [-0.1, -0.05) is 130 Å². The van der Waals surface area contributed by atoms with E-state index in [2.05, 4.69) is 237 Å². The lowest BCUT2D eigenvalue weighted by Crippen LogP contribution is -2.13. The van der Waals surface area contributed by atoms with Gasteiger partial charge in [0.2, 0.25) is 0 Å². The highest BCUT2D eigenvalue weighted by Gasteiger charge is 2.22. The molecule has 0 saturated heterocycles. The van der Waals surface area contributed by atoms with Gasteiger partial charge in [0.25, 0.3) is 0 Å². The molecule has 63 heavy (non-hydrogen) atoms. The lowest BCUT2D eigenvalue weighted by atomic mass is 9.86. The van der Waals surface area contributed by atoms with Crippen LogP contribution in [0.3, 0.4) is 0 Å². The molecular formula is C58H47N5. The molecule has 0 aliphatic heterocycles. The number of imidazole rings is 1. The second-order valence-electron chi connectivity index (χ2n) is 17.7. The van der Waals surface area contributed by atoms with E-state index in [0.29, 0.717) is 0 Å². The number of aromatic nitrogens is 4. The molecular weight excluding hydrogens is 767 g/mol. The molecule has 0 spiro atoms. The molecule has 4 heterocycles. The summed E-state index contributed by atoms with van der Waals surface area (Å²) < 4.78 is 4.70. The zero-order chi connectivity index (χ0) is 42.8. The van der Waals surface area contributed by atoms with Crippen LogP contribution in [0.2, 0.25) is 0 Å². The van der Waals surface area contributed by atoms with Crippen molar-refractivity contribution in [2.75, 3.05) is 4.90 Å². The molecule has 0 fully saturated rings. The maximum Gasteiger partial charge on any atom is 0.145 e. The molecule has 5 heteroatoms. The van der Waals surface area contributed by atoms with Gasteiger partial charge in [-0.3, -0.25) is 9.55 Å². The quantitative estimate of drug-likeness (QED) is 0.161. The Balaban J connectivity index is 1.06. The Morgan fingerprint density at radius 2 is 1.19 bits per heavy atom. The molecule has 0 radical (unpaired) electrons. The third kappa shape index (κ3) is 6.65. The van der Waals surface area contributed by atoms with Gasteiger partial charge in [0.1, 0.15) is 5.82 Å². The number of nitrogens with zero attached hydrogens (tertiary/aromatic N) is 5. The number of para-hydroxylation sites is 4. The van der Waals surface area contributed by atoms with Crippen molar-refractivity contribution in [2.45, 2.75) is 40.0 Å². The monoisotopic (exact) mass is 813 g/mol. The number of hydrogen-bond donors (Lipinski definition) is 0. The van der Waals surface area contributed by atoms with Gasteiger partial charge in [0.05, 0.1) is 39.1 Å². The zero-order valence-electron chi connectivity index (χ0n) is 36.2. The van der Waals surface area contributed by atoms with Crippen molar-refractivity contribution in [3.05, 3.63) is 211 Å². The topological polar surface area (TPSA) is 38.4 Å². The third-order valence-electron chi connectivity index (χ3n) is 12.5. The smallest absolute Gasteiger partial charge is 0.145 e. The average Bonchev–Trinajstić information content (AvgIpc) is 3.89. The van der Waals surface area contributed by atoms with Crippen LogP contribution in [-0.4, -0.2) is 18.9 Å². The van der Waals surface area contributed by atoms with Crippen molar-refractivity contribution in [3.8, 4) is 39.5 Å². The van der Waals surface area contributed by atoms with E-state index in [0.717, 1.165) is 78.5 Å².